The van der Waals surface area contributed by atoms with E-state index < -0.39 is 0 Å². The molecule has 0 heterocycles. The van der Waals surface area contributed by atoms with Crippen LogP contribution in [0.3, 0.4) is 0 Å². The lowest BCUT2D eigenvalue weighted by Crippen LogP contribution is -2.27. The van der Waals surface area contributed by atoms with Gasteiger partial charge in [-0.3, -0.25) is 4.79 Å². The fourth-order valence-electron chi connectivity index (χ4n) is 1.24. The number of nitrogens with zero attached hydrogens (tertiary/aromatic N) is 1. The van der Waals surface area contributed by atoms with Gasteiger partial charge in [0, 0.05) is 25.9 Å². The zero-order valence-electron chi connectivity index (χ0n) is 9.81. The SMILES string of the molecule is CCCC(=O)CCCNCCN(C)C. The first-order valence-corrected chi connectivity index (χ1v) is 5.54. The molecule has 84 valence electrons. The lowest BCUT2D eigenvalue weighted by molar-refractivity contribution is -0.119. The number of hydrogen-bond donors (Lipinski definition) is 1. The van der Waals surface area contributed by atoms with Gasteiger partial charge in [-0.05, 0) is 33.5 Å². The minimum absolute atomic E-state index is 0.405. The van der Waals surface area contributed by atoms with Crippen LogP contribution < -0.4 is 5.32 Å². The van der Waals surface area contributed by atoms with Gasteiger partial charge >= 0.3 is 0 Å². The number of nitrogens with one attached hydrogen (secondary N) is 1. The zero-order chi connectivity index (χ0) is 10.8. The Hall–Kier alpha value is -0.410. The molecule has 3 heteroatoms. The molecule has 3 nitrogen and oxygen atoms in total. The summed E-state index contributed by atoms with van der Waals surface area (Å²) in [6, 6.07) is 0. The molecule has 0 aliphatic carbocycles. The molecule has 0 rings (SSSR count). The van der Waals surface area contributed by atoms with E-state index in [9.17, 15) is 4.79 Å². The number of carbonyl (C=O) groups excluding carboxylic acids is 1. The first-order valence-electron chi connectivity index (χ1n) is 5.54. The van der Waals surface area contributed by atoms with E-state index in [1.165, 1.54) is 0 Å². The highest BCUT2D eigenvalue weighted by Gasteiger charge is 1.98. The molecule has 14 heavy (non-hydrogen) atoms. The Kier molecular flexibility index (Phi) is 8.89. The van der Waals surface area contributed by atoms with Gasteiger partial charge in [0.2, 0.25) is 0 Å². The molecule has 0 aromatic heterocycles. The van der Waals surface area contributed by atoms with Crippen LogP contribution in [0.1, 0.15) is 32.6 Å². The van der Waals surface area contributed by atoms with Crippen molar-refractivity contribution >= 4 is 5.78 Å². The monoisotopic (exact) mass is 200 g/mol. The second-order valence-corrected chi connectivity index (χ2v) is 3.95. The van der Waals surface area contributed by atoms with Crippen molar-refractivity contribution < 1.29 is 4.79 Å². The maximum atomic E-state index is 11.1. The van der Waals surface area contributed by atoms with Crippen molar-refractivity contribution in [2.45, 2.75) is 32.6 Å². The van der Waals surface area contributed by atoms with Crippen molar-refractivity contribution in [1.29, 1.82) is 0 Å². The van der Waals surface area contributed by atoms with Gasteiger partial charge in [0.15, 0.2) is 0 Å². The van der Waals surface area contributed by atoms with Gasteiger partial charge in [-0.15, -0.1) is 0 Å². The second kappa shape index (κ2) is 9.16. The maximum Gasteiger partial charge on any atom is 0.132 e. The quantitative estimate of drug-likeness (QED) is 0.569. The average molecular weight is 200 g/mol. The minimum atomic E-state index is 0.405. The average Bonchev–Trinajstić information content (AvgIpc) is 2.11. The molecule has 0 aliphatic rings. The van der Waals surface area contributed by atoms with E-state index in [1.807, 2.05) is 6.92 Å². The summed E-state index contributed by atoms with van der Waals surface area (Å²) in [4.78, 5) is 13.3. The fraction of sp³-hybridized carbons (Fsp3) is 0.909. The summed E-state index contributed by atoms with van der Waals surface area (Å²) in [7, 11) is 4.12. The second-order valence-electron chi connectivity index (χ2n) is 3.95. The van der Waals surface area contributed by atoms with Gasteiger partial charge in [0.25, 0.3) is 0 Å². The van der Waals surface area contributed by atoms with Crippen molar-refractivity contribution in [3.63, 3.8) is 0 Å². The van der Waals surface area contributed by atoms with Crippen molar-refractivity contribution in [3.05, 3.63) is 0 Å². The van der Waals surface area contributed by atoms with E-state index in [4.69, 9.17) is 0 Å². The molecule has 0 unspecified atom stereocenters. The van der Waals surface area contributed by atoms with Crippen LogP contribution in [-0.4, -0.2) is 44.4 Å². The van der Waals surface area contributed by atoms with Crippen LogP contribution in [0.5, 0.6) is 0 Å². The van der Waals surface area contributed by atoms with Crippen molar-refractivity contribution in [2.75, 3.05) is 33.7 Å². The molecular formula is C11H24N2O. The lowest BCUT2D eigenvalue weighted by atomic mass is 10.1. The number of rotatable bonds is 9. The van der Waals surface area contributed by atoms with Crippen LogP contribution in [0, 0.1) is 0 Å². The molecule has 0 saturated carbocycles. The number of likely N-dealkylation sites (N-methyl/N-ethyl adjacent to an activating group) is 1. The Labute approximate surface area is 87.9 Å². The summed E-state index contributed by atoms with van der Waals surface area (Å²) < 4.78 is 0. The van der Waals surface area contributed by atoms with Crippen LogP contribution >= 0.6 is 0 Å². The van der Waals surface area contributed by atoms with Crippen molar-refractivity contribution in [2.24, 2.45) is 0 Å². The lowest BCUT2D eigenvalue weighted by Gasteiger charge is -2.09. The number of hydrogen-bond acceptors (Lipinski definition) is 3. The van der Waals surface area contributed by atoms with Gasteiger partial charge in [-0.1, -0.05) is 6.92 Å². The zero-order valence-corrected chi connectivity index (χ0v) is 9.81. The largest absolute Gasteiger partial charge is 0.315 e. The number of carbonyl (C=O) groups is 1. The Morgan fingerprint density at radius 2 is 1.93 bits per heavy atom. The van der Waals surface area contributed by atoms with E-state index in [2.05, 4.69) is 24.3 Å². The molecular weight excluding hydrogens is 176 g/mol. The molecule has 0 radical (unpaired) electrons. The van der Waals surface area contributed by atoms with E-state index in [1.54, 1.807) is 0 Å². The van der Waals surface area contributed by atoms with Crippen LogP contribution in [0.25, 0.3) is 0 Å². The molecule has 0 saturated heterocycles. The molecule has 1 N–H and O–H groups in total. The van der Waals surface area contributed by atoms with E-state index in [0.717, 1.165) is 45.3 Å². The Morgan fingerprint density at radius 3 is 2.50 bits per heavy atom. The van der Waals surface area contributed by atoms with Gasteiger partial charge in [-0.25, -0.2) is 0 Å². The fourth-order valence-corrected chi connectivity index (χ4v) is 1.24. The van der Waals surface area contributed by atoms with E-state index in [0.29, 0.717) is 5.78 Å². The Balaban J connectivity index is 3.09. The molecule has 0 aliphatic heterocycles. The Morgan fingerprint density at radius 1 is 1.21 bits per heavy atom. The normalized spacial score (nSPS) is 10.9. The summed E-state index contributed by atoms with van der Waals surface area (Å²) in [5.41, 5.74) is 0. The van der Waals surface area contributed by atoms with Crippen molar-refractivity contribution in [3.8, 4) is 0 Å². The summed E-state index contributed by atoms with van der Waals surface area (Å²) in [5.74, 6) is 0.405. The van der Waals surface area contributed by atoms with Crippen LogP contribution in [0.2, 0.25) is 0 Å². The topological polar surface area (TPSA) is 32.3 Å². The third-order valence-electron chi connectivity index (χ3n) is 2.07. The Bertz CT molecular complexity index is 146. The van der Waals surface area contributed by atoms with Crippen LogP contribution in [-0.2, 0) is 4.79 Å². The highest BCUT2D eigenvalue weighted by molar-refractivity contribution is 5.78. The van der Waals surface area contributed by atoms with Gasteiger partial charge < -0.3 is 10.2 Å². The molecule has 0 atom stereocenters. The summed E-state index contributed by atoms with van der Waals surface area (Å²) in [5, 5.41) is 3.32. The predicted molar refractivity (Wildman–Crippen MR) is 60.6 cm³/mol. The van der Waals surface area contributed by atoms with Crippen LogP contribution in [0.15, 0.2) is 0 Å². The summed E-state index contributed by atoms with van der Waals surface area (Å²) in [6.45, 7) is 5.08. The van der Waals surface area contributed by atoms with E-state index in [-0.39, 0.29) is 0 Å². The third kappa shape index (κ3) is 9.68. The van der Waals surface area contributed by atoms with Gasteiger partial charge in [0.05, 0.1) is 0 Å². The summed E-state index contributed by atoms with van der Waals surface area (Å²) >= 11 is 0. The highest BCUT2D eigenvalue weighted by Crippen LogP contribution is 1.96. The smallest absolute Gasteiger partial charge is 0.132 e. The predicted octanol–water partition coefficient (Wildman–Crippen LogP) is 1.29. The standard InChI is InChI=1S/C11H24N2O/c1-4-6-11(14)7-5-8-12-9-10-13(2)3/h12H,4-10H2,1-3H3. The first kappa shape index (κ1) is 13.6. The molecule has 0 aromatic carbocycles. The molecule has 0 fully saturated rings. The summed E-state index contributed by atoms with van der Waals surface area (Å²) in [6.07, 6.45) is 3.44. The molecule has 0 amide bonds. The first-order chi connectivity index (χ1) is 6.66. The molecule has 0 spiro atoms. The maximum absolute atomic E-state index is 11.1. The molecule has 0 aromatic rings. The third-order valence-corrected chi connectivity index (χ3v) is 2.07. The van der Waals surface area contributed by atoms with Gasteiger partial charge in [-0.2, -0.15) is 0 Å². The van der Waals surface area contributed by atoms with E-state index >= 15 is 0 Å². The number of Topliss-reactive ketones (excluding diaryl/α,β-unsaturated/α-hetero) is 1. The highest BCUT2D eigenvalue weighted by atomic mass is 16.1. The minimum Gasteiger partial charge on any atom is -0.315 e. The molecule has 0 bridgehead atoms. The van der Waals surface area contributed by atoms with Crippen LogP contribution in [0.4, 0.5) is 0 Å². The van der Waals surface area contributed by atoms with Crippen molar-refractivity contribution in [1.82, 2.24) is 10.2 Å². The number of ketones is 1. The van der Waals surface area contributed by atoms with Gasteiger partial charge in [0.1, 0.15) is 5.78 Å².